The molecule has 2 heterocycles. The lowest BCUT2D eigenvalue weighted by molar-refractivity contribution is -0.160. The molecule has 2 aromatic heterocycles. The lowest BCUT2D eigenvalue weighted by Gasteiger charge is -2.12. The normalized spacial score (nSPS) is 13.9. The van der Waals surface area contributed by atoms with E-state index >= 15 is 0 Å². The number of fused-ring (bicyclic) bond motifs is 1. The van der Waals surface area contributed by atoms with Crippen molar-refractivity contribution in [3.8, 4) is 11.5 Å². The van der Waals surface area contributed by atoms with Crippen molar-refractivity contribution in [3.63, 3.8) is 0 Å². The molecule has 0 radical (unpaired) electrons. The predicted molar refractivity (Wildman–Crippen MR) is 92.5 cm³/mol. The molecule has 1 aliphatic rings. The van der Waals surface area contributed by atoms with E-state index < -0.39 is 5.82 Å². The second-order valence-electron chi connectivity index (χ2n) is 5.70. The average Bonchev–Trinajstić information content (AvgIpc) is 3.47. The molecule has 7 nitrogen and oxygen atoms in total. The van der Waals surface area contributed by atoms with Gasteiger partial charge in [0, 0.05) is 17.6 Å². The monoisotopic (exact) mass is 375 g/mol. The molecule has 0 bridgehead atoms. The van der Waals surface area contributed by atoms with E-state index in [-0.39, 0.29) is 23.1 Å². The van der Waals surface area contributed by atoms with Gasteiger partial charge in [-0.3, -0.25) is 9.36 Å². The van der Waals surface area contributed by atoms with Crippen molar-refractivity contribution in [2.24, 2.45) is 0 Å². The Balaban J connectivity index is 1.81. The van der Waals surface area contributed by atoms with Crippen LogP contribution in [0.15, 0.2) is 46.5 Å². The van der Waals surface area contributed by atoms with Crippen molar-refractivity contribution in [3.05, 3.63) is 52.7 Å². The second kappa shape index (κ2) is 7.02. The molecule has 134 valence electrons. The van der Waals surface area contributed by atoms with Gasteiger partial charge >= 0.3 is 0 Å². The quantitative estimate of drug-likeness (QED) is 0.282. The van der Waals surface area contributed by atoms with E-state index in [4.69, 9.17) is 9.07 Å². The fourth-order valence-electron chi connectivity index (χ4n) is 2.57. The maximum Gasteiger partial charge on any atom is 0.295 e. The number of pyridine rings is 1. The van der Waals surface area contributed by atoms with Crippen LogP contribution in [-0.2, 0) is 9.22 Å². The number of nitrogens with zero attached hydrogens (tertiary/aromatic N) is 3. The van der Waals surface area contributed by atoms with Gasteiger partial charge in [-0.05, 0) is 31.0 Å². The fraction of sp³-hybridized carbons (Fsp3) is 0.235. The summed E-state index contributed by atoms with van der Waals surface area (Å²) in [6.07, 6.45) is 3.31. The average molecular weight is 375 g/mol. The van der Waals surface area contributed by atoms with Crippen LogP contribution in [0, 0.1) is 5.82 Å². The highest BCUT2D eigenvalue weighted by Gasteiger charge is 2.29. The Hall–Kier alpha value is -2.49. The zero-order valence-electron chi connectivity index (χ0n) is 13.7. The van der Waals surface area contributed by atoms with Gasteiger partial charge in [0.1, 0.15) is 17.7 Å². The molecule has 1 saturated carbocycles. The first kappa shape index (κ1) is 17.0. The smallest absolute Gasteiger partial charge is 0.295 e. The lowest BCUT2D eigenvalue weighted by Crippen LogP contribution is -2.21. The first-order valence-corrected chi connectivity index (χ1v) is 8.63. The largest absolute Gasteiger partial charge is 0.448 e. The van der Waals surface area contributed by atoms with Gasteiger partial charge in [0.2, 0.25) is 5.16 Å². The zero-order valence-corrected chi connectivity index (χ0v) is 14.5. The Kier molecular flexibility index (Phi) is 4.58. The molecule has 1 aliphatic carbocycles. The van der Waals surface area contributed by atoms with Crippen molar-refractivity contribution < 1.29 is 18.3 Å². The molecule has 0 unspecified atom stereocenters. The molecule has 9 heteroatoms. The minimum absolute atomic E-state index is 0.00659. The highest BCUT2D eigenvalue weighted by Crippen LogP contribution is 2.37. The molecule has 0 saturated heterocycles. The molecule has 0 N–H and O–H groups in total. The van der Waals surface area contributed by atoms with Crippen molar-refractivity contribution >= 4 is 23.1 Å². The minimum Gasteiger partial charge on any atom is -0.448 e. The summed E-state index contributed by atoms with van der Waals surface area (Å²) in [5.74, 6) is -0.510. The maximum atomic E-state index is 13.9. The zero-order chi connectivity index (χ0) is 18.1. The summed E-state index contributed by atoms with van der Waals surface area (Å²) in [4.78, 5) is 26.0. The van der Waals surface area contributed by atoms with Gasteiger partial charge in [0.25, 0.3) is 5.56 Å². The van der Waals surface area contributed by atoms with Gasteiger partial charge in [-0.25, -0.2) is 19.2 Å². The van der Waals surface area contributed by atoms with E-state index in [1.165, 1.54) is 25.3 Å². The summed E-state index contributed by atoms with van der Waals surface area (Å²) in [5, 5.41) is 0.931. The lowest BCUT2D eigenvalue weighted by atomic mass is 10.3. The van der Waals surface area contributed by atoms with Crippen LogP contribution in [-0.4, -0.2) is 21.6 Å². The number of benzene rings is 1. The Morgan fingerprint density at radius 1 is 1.27 bits per heavy atom. The number of halogens is 1. The number of hydrogen-bond donors (Lipinski definition) is 0. The molecule has 0 atom stereocenters. The van der Waals surface area contributed by atoms with Crippen LogP contribution in [0.25, 0.3) is 11.0 Å². The van der Waals surface area contributed by atoms with Crippen molar-refractivity contribution in [2.45, 2.75) is 24.0 Å². The number of aromatic nitrogens is 3. The van der Waals surface area contributed by atoms with E-state index in [2.05, 4.69) is 14.9 Å². The SMILES string of the molecule is COOSc1ncc2cc(Oc3ccccc3F)c(=O)n(C3CC3)c2n1. The summed E-state index contributed by atoms with van der Waals surface area (Å²) in [6, 6.07) is 7.51. The van der Waals surface area contributed by atoms with Crippen LogP contribution in [0.2, 0.25) is 0 Å². The molecule has 1 aromatic carbocycles. The number of ether oxygens (including phenoxy) is 1. The number of rotatable bonds is 6. The van der Waals surface area contributed by atoms with Crippen LogP contribution in [0.5, 0.6) is 11.5 Å². The molecule has 0 aliphatic heterocycles. The van der Waals surface area contributed by atoms with E-state index in [1.807, 2.05) is 0 Å². The van der Waals surface area contributed by atoms with Gasteiger partial charge in [0.05, 0.1) is 7.11 Å². The van der Waals surface area contributed by atoms with Crippen LogP contribution >= 0.6 is 12.0 Å². The van der Waals surface area contributed by atoms with Crippen LogP contribution in [0.3, 0.4) is 0 Å². The summed E-state index contributed by atoms with van der Waals surface area (Å²) >= 11 is 0.850. The van der Waals surface area contributed by atoms with Crippen molar-refractivity contribution in [2.75, 3.05) is 7.11 Å². The van der Waals surface area contributed by atoms with Crippen molar-refractivity contribution in [1.29, 1.82) is 0 Å². The Morgan fingerprint density at radius 2 is 2.08 bits per heavy atom. The van der Waals surface area contributed by atoms with Crippen molar-refractivity contribution in [1.82, 2.24) is 14.5 Å². The minimum atomic E-state index is -0.537. The third kappa shape index (κ3) is 3.28. The first-order chi connectivity index (χ1) is 12.7. The molecular weight excluding hydrogens is 361 g/mol. The number of para-hydroxylation sites is 1. The van der Waals surface area contributed by atoms with Crippen LogP contribution in [0.1, 0.15) is 18.9 Å². The van der Waals surface area contributed by atoms with E-state index in [0.717, 1.165) is 24.9 Å². The van der Waals surface area contributed by atoms with Gasteiger partial charge < -0.3 is 4.74 Å². The fourth-order valence-corrected chi connectivity index (χ4v) is 2.92. The highest BCUT2D eigenvalue weighted by molar-refractivity contribution is 7.94. The summed E-state index contributed by atoms with van der Waals surface area (Å²) in [5.41, 5.74) is 0.126. The van der Waals surface area contributed by atoms with Gasteiger partial charge in [-0.2, -0.15) is 4.33 Å². The predicted octanol–water partition coefficient (Wildman–Crippen LogP) is 3.64. The van der Waals surface area contributed by atoms with E-state index in [9.17, 15) is 9.18 Å². The molecule has 0 amide bonds. The Morgan fingerprint density at radius 3 is 2.81 bits per heavy atom. The highest BCUT2D eigenvalue weighted by atomic mass is 32.2. The Bertz CT molecular complexity index is 1020. The van der Waals surface area contributed by atoms with Crippen LogP contribution in [0.4, 0.5) is 4.39 Å². The molecule has 1 fully saturated rings. The van der Waals surface area contributed by atoms with E-state index in [1.54, 1.807) is 22.9 Å². The van der Waals surface area contributed by atoms with E-state index in [0.29, 0.717) is 16.2 Å². The molecule has 3 aromatic rings. The first-order valence-electron chi connectivity index (χ1n) is 7.89. The molecule has 4 rings (SSSR count). The Labute approximate surface area is 151 Å². The molecule has 0 spiro atoms. The molecule has 26 heavy (non-hydrogen) atoms. The topological polar surface area (TPSA) is 75.5 Å². The maximum absolute atomic E-state index is 13.9. The molecular formula is C17H14FN3O4S. The summed E-state index contributed by atoms with van der Waals surface area (Å²) in [6.45, 7) is 0. The summed E-state index contributed by atoms with van der Waals surface area (Å²) in [7, 11) is 1.38. The third-order valence-electron chi connectivity index (χ3n) is 3.86. The van der Waals surface area contributed by atoms with Crippen LogP contribution < -0.4 is 10.3 Å². The second-order valence-corrected chi connectivity index (χ2v) is 6.36. The van der Waals surface area contributed by atoms with Gasteiger partial charge in [-0.15, -0.1) is 0 Å². The third-order valence-corrected chi connectivity index (χ3v) is 4.41. The standard InChI is InChI=1S/C17H14FN3O4S/c1-23-25-26-17-19-9-10-8-14(24-13-5-3-2-4-12(13)18)16(22)21(11-6-7-11)15(10)20-17/h2-5,8-9,11H,6-7H2,1H3. The van der Waals surface area contributed by atoms with Gasteiger partial charge in [0.15, 0.2) is 17.3 Å². The number of hydrogen-bond acceptors (Lipinski definition) is 7. The summed E-state index contributed by atoms with van der Waals surface area (Å²) < 4.78 is 25.8. The van der Waals surface area contributed by atoms with Gasteiger partial charge in [-0.1, -0.05) is 12.1 Å².